The molecule has 4 heteroatoms. The lowest BCUT2D eigenvalue weighted by molar-refractivity contribution is 0.412. The van der Waals surface area contributed by atoms with E-state index < -0.39 is 0 Å². The van der Waals surface area contributed by atoms with Gasteiger partial charge in [-0.25, -0.2) is 0 Å². The molecular weight excluding hydrogens is 244 g/mol. The molecule has 0 atom stereocenters. The summed E-state index contributed by atoms with van der Waals surface area (Å²) in [6.07, 6.45) is 2.70. The Bertz CT molecular complexity index is 374. The minimum Gasteiger partial charge on any atom is -0.496 e. The van der Waals surface area contributed by atoms with Crippen LogP contribution < -0.4 is 10.5 Å². The number of allylic oxidation sites excluding steroid dienone is 1. The van der Waals surface area contributed by atoms with E-state index in [1.807, 2.05) is 18.2 Å². The molecule has 0 spiro atoms. The van der Waals surface area contributed by atoms with Crippen LogP contribution in [0.25, 0.3) is 5.70 Å². The van der Waals surface area contributed by atoms with Gasteiger partial charge in [-0.3, -0.25) is 0 Å². The predicted molar refractivity (Wildman–Crippen MR) is 61.6 cm³/mol. The lowest BCUT2D eigenvalue weighted by Crippen LogP contribution is -1.97. The summed E-state index contributed by atoms with van der Waals surface area (Å²) in [5.74, 6) is 0.761. The Labute approximate surface area is 91.2 Å². The molecule has 1 aromatic carbocycles. The summed E-state index contributed by atoms with van der Waals surface area (Å²) in [4.78, 5) is 0. The molecule has 1 rings (SSSR count). The van der Waals surface area contributed by atoms with E-state index in [1.54, 1.807) is 7.11 Å². The van der Waals surface area contributed by atoms with E-state index in [4.69, 9.17) is 15.9 Å². The Morgan fingerprint density at radius 2 is 2.29 bits per heavy atom. The molecule has 1 aromatic rings. The third-order valence-electron chi connectivity index (χ3n) is 1.75. The van der Waals surface area contributed by atoms with Crippen LogP contribution in [0, 0.1) is 5.41 Å². The fourth-order valence-electron chi connectivity index (χ4n) is 1.03. The molecule has 3 nitrogen and oxygen atoms in total. The molecule has 0 unspecified atom stereocenters. The second-order valence-corrected chi connectivity index (χ2v) is 3.49. The Morgan fingerprint density at radius 3 is 2.79 bits per heavy atom. The first-order chi connectivity index (χ1) is 6.69. The summed E-state index contributed by atoms with van der Waals surface area (Å²) in [5, 5.41) is 6.90. The minimum absolute atomic E-state index is 0.559. The number of halogens is 1. The number of nitrogens with two attached hydrogens (primary N) is 1. The molecule has 0 amide bonds. The van der Waals surface area contributed by atoms with Crippen molar-refractivity contribution in [3.05, 3.63) is 34.3 Å². The van der Waals surface area contributed by atoms with Crippen LogP contribution in [0.5, 0.6) is 5.75 Å². The van der Waals surface area contributed by atoms with Crippen molar-refractivity contribution in [3.63, 3.8) is 0 Å². The third-order valence-corrected chi connectivity index (χ3v) is 2.37. The maximum Gasteiger partial charge on any atom is 0.133 e. The summed E-state index contributed by atoms with van der Waals surface area (Å²) < 4.78 is 5.93. The van der Waals surface area contributed by atoms with E-state index in [-0.39, 0.29) is 0 Å². The van der Waals surface area contributed by atoms with Gasteiger partial charge in [0.2, 0.25) is 0 Å². The van der Waals surface area contributed by atoms with Gasteiger partial charge < -0.3 is 15.9 Å². The third kappa shape index (κ3) is 2.35. The number of hydrogen-bond donors (Lipinski definition) is 2. The second-order valence-electron chi connectivity index (χ2n) is 2.64. The highest BCUT2D eigenvalue weighted by Gasteiger charge is 2.02. The van der Waals surface area contributed by atoms with E-state index >= 15 is 0 Å². The molecule has 0 radical (unpaired) electrons. The molecule has 0 aliphatic rings. The van der Waals surface area contributed by atoms with Crippen LogP contribution in [-0.2, 0) is 0 Å². The molecule has 0 heterocycles. The standard InChI is InChI=1S/C10H11BrN2O/c1-14-10-3-2-7(6-8(10)11)9(13)4-5-12/h2-6,12H,13H2,1H3. The van der Waals surface area contributed by atoms with Crippen molar-refractivity contribution in [2.75, 3.05) is 7.11 Å². The monoisotopic (exact) mass is 254 g/mol. The number of nitrogens with one attached hydrogen (secondary N) is 1. The molecule has 0 aromatic heterocycles. The lowest BCUT2D eigenvalue weighted by atomic mass is 10.1. The van der Waals surface area contributed by atoms with Crippen molar-refractivity contribution in [3.8, 4) is 5.75 Å². The summed E-state index contributed by atoms with van der Waals surface area (Å²) in [6, 6.07) is 5.52. The summed E-state index contributed by atoms with van der Waals surface area (Å²) in [7, 11) is 1.61. The van der Waals surface area contributed by atoms with Crippen LogP contribution in [0.15, 0.2) is 28.7 Å². The van der Waals surface area contributed by atoms with E-state index in [2.05, 4.69) is 15.9 Å². The topological polar surface area (TPSA) is 59.1 Å². The van der Waals surface area contributed by atoms with Crippen molar-refractivity contribution in [2.24, 2.45) is 5.73 Å². The molecular formula is C10H11BrN2O. The largest absolute Gasteiger partial charge is 0.496 e. The summed E-state index contributed by atoms with van der Waals surface area (Å²) in [6.45, 7) is 0. The van der Waals surface area contributed by atoms with Crippen LogP contribution in [0.2, 0.25) is 0 Å². The highest BCUT2D eigenvalue weighted by molar-refractivity contribution is 9.10. The van der Waals surface area contributed by atoms with Gasteiger partial charge in [-0.15, -0.1) is 0 Å². The van der Waals surface area contributed by atoms with E-state index in [0.29, 0.717) is 5.70 Å². The highest BCUT2D eigenvalue weighted by Crippen LogP contribution is 2.26. The number of methoxy groups -OCH3 is 1. The SMILES string of the molecule is COc1ccc(C(N)=CC=N)cc1Br. The van der Waals surface area contributed by atoms with Gasteiger partial charge in [-0.05, 0) is 45.8 Å². The Balaban J connectivity index is 3.08. The first kappa shape index (κ1) is 10.8. The number of hydrogen-bond acceptors (Lipinski definition) is 3. The van der Waals surface area contributed by atoms with Gasteiger partial charge in [0.25, 0.3) is 0 Å². The van der Waals surface area contributed by atoms with Gasteiger partial charge in [0.1, 0.15) is 5.75 Å². The maximum absolute atomic E-state index is 6.90. The Morgan fingerprint density at radius 1 is 1.57 bits per heavy atom. The van der Waals surface area contributed by atoms with Crippen molar-refractivity contribution in [2.45, 2.75) is 0 Å². The number of rotatable bonds is 3. The maximum atomic E-state index is 6.90. The van der Waals surface area contributed by atoms with E-state index in [1.165, 1.54) is 6.08 Å². The van der Waals surface area contributed by atoms with Crippen LogP contribution >= 0.6 is 15.9 Å². The molecule has 0 aliphatic carbocycles. The van der Waals surface area contributed by atoms with Crippen LogP contribution in [-0.4, -0.2) is 13.3 Å². The van der Waals surface area contributed by atoms with Gasteiger partial charge >= 0.3 is 0 Å². The summed E-state index contributed by atoms with van der Waals surface area (Å²) in [5.41, 5.74) is 7.13. The predicted octanol–water partition coefficient (Wildman–Crippen LogP) is 2.41. The molecule has 3 N–H and O–H groups in total. The molecule has 0 bridgehead atoms. The van der Waals surface area contributed by atoms with Crippen molar-refractivity contribution in [1.29, 1.82) is 5.41 Å². The Hall–Kier alpha value is -1.29. The average Bonchev–Trinajstić information content (AvgIpc) is 2.18. The molecule has 0 saturated heterocycles. The first-order valence-electron chi connectivity index (χ1n) is 3.99. The number of benzene rings is 1. The van der Waals surface area contributed by atoms with Crippen molar-refractivity contribution in [1.82, 2.24) is 0 Å². The fraction of sp³-hybridized carbons (Fsp3) is 0.100. The van der Waals surface area contributed by atoms with E-state index in [0.717, 1.165) is 22.0 Å². The normalized spacial score (nSPS) is 11.1. The molecule has 74 valence electrons. The van der Waals surface area contributed by atoms with E-state index in [9.17, 15) is 0 Å². The van der Waals surface area contributed by atoms with Crippen molar-refractivity contribution < 1.29 is 4.74 Å². The molecule has 0 aliphatic heterocycles. The fourth-order valence-corrected chi connectivity index (χ4v) is 1.57. The van der Waals surface area contributed by atoms with Gasteiger partial charge in [-0.1, -0.05) is 0 Å². The van der Waals surface area contributed by atoms with Crippen LogP contribution in [0.3, 0.4) is 0 Å². The lowest BCUT2D eigenvalue weighted by Gasteiger charge is -2.05. The smallest absolute Gasteiger partial charge is 0.133 e. The quantitative estimate of drug-likeness (QED) is 0.815. The highest BCUT2D eigenvalue weighted by atomic mass is 79.9. The molecule has 0 saturated carbocycles. The van der Waals surface area contributed by atoms with Crippen molar-refractivity contribution >= 4 is 27.8 Å². The van der Waals surface area contributed by atoms with Gasteiger partial charge in [0.05, 0.1) is 11.6 Å². The molecule has 14 heavy (non-hydrogen) atoms. The summed E-state index contributed by atoms with van der Waals surface area (Å²) >= 11 is 3.36. The van der Waals surface area contributed by atoms with Crippen LogP contribution in [0.4, 0.5) is 0 Å². The minimum atomic E-state index is 0.559. The van der Waals surface area contributed by atoms with Gasteiger partial charge in [0.15, 0.2) is 0 Å². The number of ether oxygens (including phenoxy) is 1. The first-order valence-corrected chi connectivity index (χ1v) is 4.78. The molecule has 0 fully saturated rings. The zero-order valence-corrected chi connectivity index (χ0v) is 9.34. The van der Waals surface area contributed by atoms with Crippen LogP contribution in [0.1, 0.15) is 5.56 Å². The van der Waals surface area contributed by atoms with Gasteiger partial charge in [0, 0.05) is 11.9 Å². The zero-order valence-electron chi connectivity index (χ0n) is 7.75. The average molecular weight is 255 g/mol. The Kier molecular flexibility index (Phi) is 3.71. The van der Waals surface area contributed by atoms with Gasteiger partial charge in [-0.2, -0.15) is 0 Å². The second kappa shape index (κ2) is 4.81. The zero-order chi connectivity index (χ0) is 10.6.